The first-order valence-corrected chi connectivity index (χ1v) is 9.40. The molecular weight excluding hydrogens is 368 g/mol. The van der Waals surface area contributed by atoms with E-state index in [1.54, 1.807) is 11.2 Å². The molecule has 0 aromatic carbocycles. The van der Waals surface area contributed by atoms with E-state index in [0.717, 1.165) is 24.4 Å². The minimum Gasteiger partial charge on any atom is -0.394 e. The molecule has 24 heavy (non-hydrogen) atoms. The van der Waals surface area contributed by atoms with Crippen LogP contribution in [0.2, 0.25) is 0 Å². The van der Waals surface area contributed by atoms with Crippen molar-refractivity contribution in [3.8, 4) is 0 Å². The van der Waals surface area contributed by atoms with E-state index in [9.17, 15) is 5.11 Å². The zero-order valence-electron chi connectivity index (χ0n) is 15.6. The van der Waals surface area contributed by atoms with E-state index >= 15 is 0 Å². The Hall–Kier alpha value is -1.14. The lowest BCUT2D eigenvalue weighted by molar-refractivity contribution is 0.247. The van der Waals surface area contributed by atoms with Crippen molar-refractivity contribution in [1.29, 1.82) is 0 Å². The zero-order valence-corrected chi connectivity index (χ0v) is 17.1. The van der Waals surface area contributed by atoms with Gasteiger partial charge in [-0.15, -0.1) is 0 Å². The van der Waals surface area contributed by atoms with Gasteiger partial charge in [0.2, 0.25) is 0 Å². The molecule has 0 heterocycles. The van der Waals surface area contributed by atoms with Crippen LogP contribution >= 0.6 is 15.9 Å². The lowest BCUT2D eigenvalue weighted by Gasteiger charge is -2.22. The number of hydrazone groups is 1. The van der Waals surface area contributed by atoms with E-state index in [0.29, 0.717) is 4.48 Å². The molecule has 0 aliphatic carbocycles. The summed E-state index contributed by atoms with van der Waals surface area (Å²) in [5.74, 6) is 0.802. The lowest BCUT2D eigenvalue weighted by Crippen LogP contribution is -2.35. The highest BCUT2D eigenvalue weighted by molar-refractivity contribution is 9.12. The molecule has 0 aliphatic rings. The van der Waals surface area contributed by atoms with Crippen molar-refractivity contribution in [2.45, 2.75) is 58.4 Å². The highest BCUT2D eigenvalue weighted by Gasteiger charge is 2.09. The van der Waals surface area contributed by atoms with Gasteiger partial charge in [-0.2, -0.15) is 5.10 Å². The second kappa shape index (κ2) is 14.2. The Bertz CT molecular complexity index is 446. The third-order valence-corrected chi connectivity index (χ3v) is 3.72. The first-order chi connectivity index (χ1) is 11.4. The molecule has 0 amide bonds. The van der Waals surface area contributed by atoms with Gasteiger partial charge in [0.1, 0.15) is 5.82 Å². The van der Waals surface area contributed by atoms with Gasteiger partial charge in [-0.05, 0) is 35.7 Å². The van der Waals surface area contributed by atoms with Gasteiger partial charge in [0, 0.05) is 36.4 Å². The second-order valence-electron chi connectivity index (χ2n) is 5.85. The van der Waals surface area contributed by atoms with Crippen LogP contribution in [-0.2, 0) is 0 Å². The van der Waals surface area contributed by atoms with Crippen LogP contribution in [0.4, 0.5) is 0 Å². The standard InChI is InChI=1S/C18H33BrN4O/c1-6-7-8-9-10-11-17(20-4)12-18(22-16(3)14-24)23(5)21-13-15(2)19/h12-13,16,22,24H,2,6-11,14H2,1,3-5H3/b18-12-,20-17-,21-13-. The summed E-state index contributed by atoms with van der Waals surface area (Å²) in [4.78, 5) is 4.39. The summed E-state index contributed by atoms with van der Waals surface area (Å²) >= 11 is 3.26. The Morgan fingerprint density at radius 2 is 2.00 bits per heavy atom. The number of aliphatic imine (C=N–C) groups is 1. The summed E-state index contributed by atoms with van der Waals surface area (Å²) in [7, 11) is 3.67. The maximum atomic E-state index is 9.30. The topological polar surface area (TPSA) is 60.2 Å². The Morgan fingerprint density at radius 1 is 1.33 bits per heavy atom. The summed E-state index contributed by atoms with van der Waals surface area (Å²) in [5, 5.41) is 18.6. The molecule has 0 saturated carbocycles. The fraction of sp³-hybridized carbons (Fsp3) is 0.667. The molecule has 0 radical (unpaired) electrons. The fourth-order valence-electron chi connectivity index (χ4n) is 2.05. The summed E-state index contributed by atoms with van der Waals surface area (Å²) in [6, 6.07) is -0.0660. The van der Waals surface area contributed by atoms with E-state index in [1.807, 2.05) is 27.1 Å². The van der Waals surface area contributed by atoms with Crippen LogP contribution in [0.3, 0.4) is 0 Å². The molecule has 0 saturated heterocycles. The van der Waals surface area contributed by atoms with Crippen molar-refractivity contribution in [2.24, 2.45) is 10.1 Å². The monoisotopic (exact) mass is 400 g/mol. The number of aliphatic hydroxyl groups excluding tert-OH is 1. The number of hydrogen-bond acceptors (Lipinski definition) is 5. The summed E-state index contributed by atoms with van der Waals surface area (Å²) < 4.78 is 0.698. The molecule has 0 aromatic rings. The van der Waals surface area contributed by atoms with Gasteiger partial charge >= 0.3 is 0 Å². The molecule has 1 atom stereocenters. The van der Waals surface area contributed by atoms with Crippen molar-refractivity contribution in [2.75, 3.05) is 20.7 Å². The van der Waals surface area contributed by atoms with E-state index in [-0.39, 0.29) is 12.6 Å². The maximum absolute atomic E-state index is 9.30. The average Bonchev–Trinajstić information content (AvgIpc) is 2.57. The molecule has 1 unspecified atom stereocenters. The van der Waals surface area contributed by atoms with Crippen LogP contribution in [0.25, 0.3) is 0 Å². The van der Waals surface area contributed by atoms with E-state index in [4.69, 9.17) is 0 Å². The van der Waals surface area contributed by atoms with E-state index < -0.39 is 0 Å². The lowest BCUT2D eigenvalue weighted by atomic mass is 10.1. The maximum Gasteiger partial charge on any atom is 0.124 e. The summed E-state index contributed by atoms with van der Waals surface area (Å²) in [5.41, 5.74) is 1.03. The van der Waals surface area contributed by atoms with Crippen LogP contribution in [-0.4, -0.2) is 48.8 Å². The average molecular weight is 401 g/mol. The SMILES string of the molecule is C=C(Br)/C=N\N(C)/C(=C\C(CCCCCCC)=N/C)NC(C)CO. The predicted molar refractivity (Wildman–Crippen MR) is 109 cm³/mol. The minimum absolute atomic E-state index is 0.0513. The van der Waals surface area contributed by atoms with Crippen molar-refractivity contribution in [3.63, 3.8) is 0 Å². The molecule has 6 heteroatoms. The molecule has 0 fully saturated rings. The van der Waals surface area contributed by atoms with Crippen LogP contribution in [0.15, 0.2) is 33.1 Å². The molecule has 0 bridgehead atoms. The van der Waals surface area contributed by atoms with Crippen LogP contribution < -0.4 is 5.32 Å². The molecule has 138 valence electrons. The molecule has 5 nitrogen and oxygen atoms in total. The van der Waals surface area contributed by atoms with Crippen LogP contribution in [0, 0.1) is 0 Å². The third-order valence-electron chi connectivity index (χ3n) is 3.51. The molecular formula is C18H33BrN4O. The number of hydrogen-bond donors (Lipinski definition) is 2. The molecule has 0 aromatic heterocycles. The van der Waals surface area contributed by atoms with E-state index in [2.05, 4.69) is 44.8 Å². The highest BCUT2D eigenvalue weighted by atomic mass is 79.9. The Kier molecular flexibility index (Phi) is 13.5. The van der Waals surface area contributed by atoms with Gasteiger partial charge in [0.25, 0.3) is 0 Å². The fourth-order valence-corrected chi connectivity index (χ4v) is 2.15. The summed E-state index contributed by atoms with van der Waals surface area (Å²) in [6.45, 7) is 7.94. The molecule has 2 N–H and O–H groups in total. The molecule has 0 aliphatic heterocycles. The van der Waals surface area contributed by atoms with Gasteiger partial charge in [0.05, 0.1) is 12.8 Å². The van der Waals surface area contributed by atoms with Gasteiger partial charge < -0.3 is 10.4 Å². The number of aliphatic hydroxyl groups is 1. The van der Waals surface area contributed by atoms with Crippen molar-refractivity contribution in [1.82, 2.24) is 10.3 Å². The largest absolute Gasteiger partial charge is 0.394 e. The van der Waals surface area contributed by atoms with Crippen LogP contribution in [0.5, 0.6) is 0 Å². The Morgan fingerprint density at radius 3 is 2.54 bits per heavy atom. The normalized spacial score (nSPS) is 14.1. The van der Waals surface area contributed by atoms with Crippen molar-refractivity contribution >= 4 is 27.9 Å². The number of unbranched alkanes of at least 4 members (excludes halogenated alkanes) is 4. The quantitative estimate of drug-likeness (QED) is 0.278. The highest BCUT2D eigenvalue weighted by Crippen LogP contribution is 2.09. The minimum atomic E-state index is -0.0660. The number of halogens is 1. The number of allylic oxidation sites excluding steroid dienone is 2. The Balaban J connectivity index is 4.93. The number of nitrogens with zero attached hydrogens (tertiary/aromatic N) is 3. The van der Waals surface area contributed by atoms with Gasteiger partial charge in [0.15, 0.2) is 0 Å². The van der Waals surface area contributed by atoms with Crippen LogP contribution in [0.1, 0.15) is 52.4 Å². The smallest absolute Gasteiger partial charge is 0.124 e. The van der Waals surface area contributed by atoms with Gasteiger partial charge in [-0.25, -0.2) is 0 Å². The first-order valence-electron chi connectivity index (χ1n) is 8.61. The molecule has 0 spiro atoms. The van der Waals surface area contributed by atoms with Crippen molar-refractivity contribution < 1.29 is 5.11 Å². The first kappa shape index (κ1) is 22.9. The number of nitrogens with one attached hydrogen (secondary N) is 1. The molecule has 0 rings (SSSR count). The van der Waals surface area contributed by atoms with Crippen molar-refractivity contribution in [3.05, 3.63) is 23.0 Å². The summed E-state index contributed by atoms with van der Waals surface area (Å²) in [6.07, 6.45) is 10.8. The van der Waals surface area contributed by atoms with Gasteiger partial charge in [-0.3, -0.25) is 10.0 Å². The number of rotatable bonds is 13. The third kappa shape index (κ3) is 11.4. The predicted octanol–water partition coefficient (Wildman–Crippen LogP) is 4.06. The zero-order chi connectivity index (χ0) is 18.4. The Labute approximate surface area is 155 Å². The second-order valence-corrected chi connectivity index (χ2v) is 6.87. The van der Waals surface area contributed by atoms with E-state index in [1.165, 1.54) is 25.7 Å². The van der Waals surface area contributed by atoms with Gasteiger partial charge in [-0.1, -0.05) is 39.2 Å².